The highest BCUT2D eigenvalue weighted by Crippen LogP contribution is 2.43. The van der Waals surface area contributed by atoms with E-state index in [-0.39, 0.29) is 91.2 Å². The van der Waals surface area contributed by atoms with Crippen LogP contribution in [0.3, 0.4) is 0 Å². The average Bonchev–Trinajstić information content (AvgIpc) is 3.32. The summed E-state index contributed by atoms with van der Waals surface area (Å²) in [5.74, 6) is -3.12. The number of aliphatic hydroxyl groups is 2. The van der Waals surface area contributed by atoms with Gasteiger partial charge in [0.05, 0.1) is 100.0 Å². The summed E-state index contributed by atoms with van der Waals surface area (Å²) in [5.41, 5.74) is -0.358. The summed E-state index contributed by atoms with van der Waals surface area (Å²) >= 11 is 0. The fourth-order valence-corrected chi connectivity index (χ4v) is 6.51. The molecule has 2 N–H and O–H groups in total. The summed E-state index contributed by atoms with van der Waals surface area (Å²) in [5, 5.41) is 22.0. The summed E-state index contributed by atoms with van der Waals surface area (Å²) in [7, 11) is 13.5. The van der Waals surface area contributed by atoms with Crippen molar-refractivity contribution in [2.24, 2.45) is 0 Å². The zero-order chi connectivity index (χ0) is 47.5. The van der Waals surface area contributed by atoms with Crippen LogP contribution < -0.4 is 56.8 Å². The van der Waals surface area contributed by atoms with Crippen LogP contribution in [0.5, 0.6) is 69.0 Å². The van der Waals surface area contributed by atoms with E-state index in [1.807, 2.05) is 0 Å². The second-order valence-electron chi connectivity index (χ2n) is 13.4. The third-order valence-electron chi connectivity index (χ3n) is 9.79. The van der Waals surface area contributed by atoms with Crippen molar-refractivity contribution >= 4 is 23.9 Å². The standard InChI is InChI=1S/C44H48O21/c1-51-25-12-22(13-26(52-2)37(25)57-7)42(48)63-31-17-21(11-29(55-5)39(31)59-9)41(47)62-19-33-35(45)36(46)34(20-61-33)65-44(50)24-16-30(56-6)40(60-10)32(18-24)64-43(49)23-14-27(53-3)38(58-8)28(15-23)54-4/h11-18,33-36,45-46H,19-20H2,1-10H3/t33-,34+,35-,36-/m1/s1. The number of ether oxygens (including phenoxy) is 15. The Bertz CT molecular complexity index is 2330. The van der Waals surface area contributed by atoms with Gasteiger partial charge in [-0.3, -0.25) is 0 Å². The lowest BCUT2D eigenvalue weighted by molar-refractivity contribution is -0.196. The van der Waals surface area contributed by atoms with Crippen LogP contribution >= 0.6 is 0 Å². The molecule has 350 valence electrons. The fraction of sp³-hybridized carbons (Fsp3) is 0.364. The smallest absolute Gasteiger partial charge is 0.343 e. The molecule has 65 heavy (non-hydrogen) atoms. The molecule has 4 atom stereocenters. The van der Waals surface area contributed by atoms with Crippen molar-refractivity contribution in [3.63, 3.8) is 0 Å². The highest BCUT2D eigenvalue weighted by Gasteiger charge is 2.41. The van der Waals surface area contributed by atoms with Gasteiger partial charge in [0.1, 0.15) is 24.9 Å². The molecule has 1 heterocycles. The average molecular weight is 913 g/mol. The maximum absolute atomic E-state index is 13.5. The first-order valence-electron chi connectivity index (χ1n) is 19.2. The molecule has 0 bridgehead atoms. The van der Waals surface area contributed by atoms with E-state index >= 15 is 0 Å². The Morgan fingerprint density at radius 2 is 0.754 bits per heavy atom. The molecule has 21 heteroatoms. The molecule has 1 fully saturated rings. The molecule has 4 aromatic carbocycles. The number of aliphatic hydroxyl groups excluding tert-OH is 2. The third kappa shape index (κ3) is 10.5. The zero-order valence-electron chi connectivity index (χ0n) is 37.0. The van der Waals surface area contributed by atoms with Gasteiger partial charge in [0.15, 0.2) is 52.1 Å². The first-order valence-corrected chi connectivity index (χ1v) is 19.2. The van der Waals surface area contributed by atoms with Crippen LogP contribution in [0.4, 0.5) is 0 Å². The largest absolute Gasteiger partial charge is 0.493 e. The molecule has 21 nitrogen and oxygen atoms in total. The number of hydrogen-bond acceptors (Lipinski definition) is 21. The van der Waals surface area contributed by atoms with E-state index < -0.39 is 61.5 Å². The Kier molecular flexibility index (Phi) is 16.3. The second kappa shape index (κ2) is 21.8. The quantitative estimate of drug-likeness (QED) is 0.101. The zero-order valence-corrected chi connectivity index (χ0v) is 37.0. The van der Waals surface area contributed by atoms with Crippen molar-refractivity contribution in [1.82, 2.24) is 0 Å². The van der Waals surface area contributed by atoms with Gasteiger partial charge < -0.3 is 81.3 Å². The van der Waals surface area contributed by atoms with Gasteiger partial charge in [-0.1, -0.05) is 0 Å². The van der Waals surface area contributed by atoms with E-state index in [9.17, 15) is 29.4 Å². The van der Waals surface area contributed by atoms with Crippen molar-refractivity contribution in [2.45, 2.75) is 24.4 Å². The molecule has 1 aliphatic heterocycles. The summed E-state index contributed by atoms with van der Waals surface area (Å²) in [6.07, 6.45) is -6.16. The van der Waals surface area contributed by atoms with Crippen molar-refractivity contribution in [1.29, 1.82) is 0 Å². The molecule has 0 unspecified atom stereocenters. The minimum absolute atomic E-state index is 0.00186. The molecule has 0 aliphatic carbocycles. The van der Waals surface area contributed by atoms with Gasteiger partial charge in [-0.2, -0.15) is 0 Å². The van der Waals surface area contributed by atoms with E-state index in [0.29, 0.717) is 0 Å². The molecule has 0 radical (unpaired) electrons. The maximum atomic E-state index is 13.5. The first-order chi connectivity index (χ1) is 31.2. The predicted molar refractivity (Wildman–Crippen MR) is 222 cm³/mol. The predicted octanol–water partition coefficient (Wildman–Crippen LogP) is 3.71. The van der Waals surface area contributed by atoms with E-state index in [4.69, 9.17) is 71.1 Å². The summed E-state index contributed by atoms with van der Waals surface area (Å²) < 4.78 is 81.4. The van der Waals surface area contributed by atoms with Crippen molar-refractivity contribution in [3.05, 3.63) is 70.8 Å². The van der Waals surface area contributed by atoms with E-state index in [1.165, 1.54) is 114 Å². The monoisotopic (exact) mass is 912 g/mol. The lowest BCUT2D eigenvalue weighted by Crippen LogP contribution is -2.55. The van der Waals surface area contributed by atoms with Gasteiger partial charge in [-0.25, -0.2) is 19.2 Å². The van der Waals surface area contributed by atoms with Crippen LogP contribution in [0.15, 0.2) is 48.5 Å². The normalized spacial score (nSPS) is 16.5. The maximum Gasteiger partial charge on any atom is 0.343 e. The molecular weight excluding hydrogens is 864 g/mol. The molecular formula is C44H48O21. The molecule has 1 saturated heterocycles. The van der Waals surface area contributed by atoms with Crippen molar-refractivity contribution in [3.8, 4) is 69.0 Å². The number of carbonyl (C=O) groups is 4. The number of carbonyl (C=O) groups excluding carboxylic acids is 4. The van der Waals surface area contributed by atoms with Crippen molar-refractivity contribution < 1.29 is 100 Å². The van der Waals surface area contributed by atoms with Crippen LogP contribution in [0, 0.1) is 0 Å². The fourth-order valence-electron chi connectivity index (χ4n) is 6.51. The SMILES string of the molecule is COc1cc(C(=O)Oc2cc(C(=O)OC[C@H]3OC[C@H](OC(=O)c4cc(OC)c(OC)c(OC(=O)c5cc(OC)c(OC)c(OC)c5)c4)[C@@H](O)[C@@H]3O)cc(OC)c2OC)cc(OC)c1OC. The molecule has 1 aliphatic rings. The molecule has 0 saturated carbocycles. The van der Waals surface area contributed by atoms with Crippen LogP contribution in [-0.2, 0) is 14.2 Å². The molecule has 0 amide bonds. The van der Waals surface area contributed by atoms with Crippen LogP contribution in [0.25, 0.3) is 0 Å². The third-order valence-corrected chi connectivity index (χ3v) is 9.79. The number of esters is 4. The summed E-state index contributed by atoms with van der Waals surface area (Å²) in [6, 6.07) is 10.3. The van der Waals surface area contributed by atoms with Gasteiger partial charge in [0.25, 0.3) is 0 Å². The number of methoxy groups -OCH3 is 10. The van der Waals surface area contributed by atoms with Gasteiger partial charge in [0.2, 0.25) is 23.0 Å². The van der Waals surface area contributed by atoms with Gasteiger partial charge in [-0.05, 0) is 48.5 Å². The highest BCUT2D eigenvalue weighted by atomic mass is 16.6. The highest BCUT2D eigenvalue weighted by molar-refractivity contribution is 5.96. The lowest BCUT2D eigenvalue weighted by atomic mass is 10.0. The van der Waals surface area contributed by atoms with Crippen LogP contribution in [0.2, 0.25) is 0 Å². The molecule has 4 aromatic rings. The number of rotatable bonds is 19. The Balaban J connectivity index is 1.27. The number of benzene rings is 4. The van der Waals surface area contributed by atoms with E-state index in [2.05, 4.69) is 0 Å². The van der Waals surface area contributed by atoms with Gasteiger partial charge >= 0.3 is 23.9 Å². The summed E-state index contributed by atoms with van der Waals surface area (Å²) in [6.45, 7) is -1.02. The minimum atomic E-state index is -1.73. The summed E-state index contributed by atoms with van der Waals surface area (Å²) in [4.78, 5) is 53.6. The first kappa shape index (κ1) is 48.7. The topological polar surface area (TPSA) is 247 Å². The Morgan fingerprint density at radius 1 is 0.446 bits per heavy atom. The lowest BCUT2D eigenvalue weighted by Gasteiger charge is -2.36. The van der Waals surface area contributed by atoms with E-state index in [0.717, 1.165) is 6.07 Å². The van der Waals surface area contributed by atoms with Crippen LogP contribution in [0.1, 0.15) is 41.4 Å². The Labute approximate surface area is 372 Å². The second-order valence-corrected chi connectivity index (χ2v) is 13.4. The minimum Gasteiger partial charge on any atom is -0.493 e. The molecule has 0 spiro atoms. The van der Waals surface area contributed by atoms with Gasteiger partial charge in [0, 0.05) is 0 Å². The van der Waals surface area contributed by atoms with Crippen molar-refractivity contribution in [2.75, 3.05) is 84.3 Å². The molecule has 5 rings (SSSR count). The van der Waals surface area contributed by atoms with Crippen LogP contribution in [-0.4, -0.2) is 143 Å². The van der Waals surface area contributed by atoms with Gasteiger partial charge in [-0.15, -0.1) is 0 Å². The number of hydrogen-bond donors (Lipinski definition) is 2. The Hall–Kier alpha value is -7.36. The van der Waals surface area contributed by atoms with E-state index in [1.54, 1.807) is 0 Å². The Morgan fingerprint density at radius 3 is 1.09 bits per heavy atom. The molecule has 0 aromatic heterocycles.